The predicted molar refractivity (Wildman–Crippen MR) is 217 cm³/mol. The first kappa shape index (κ1) is 27.7. The molecule has 9 aromatic carbocycles. The van der Waals surface area contributed by atoms with Gasteiger partial charge in [-0.2, -0.15) is 4.98 Å². The molecule has 4 heteroatoms. The first-order valence-corrected chi connectivity index (χ1v) is 17.7. The van der Waals surface area contributed by atoms with Gasteiger partial charge in [-0.3, -0.25) is 4.57 Å². The highest BCUT2D eigenvalue weighted by Crippen LogP contribution is 2.45. The van der Waals surface area contributed by atoms with E-state index >= 15 is 0 Å². The van der Waals surface area contributed by atoms with Crippen LogP contribution in [-0.2, 0) is 0 Å². The van der Waals surface area contributed by atoms with Crippen molar-refractivity contribution in [3.63, 3.8) is 0 Å². The van der Waals surface area contributed by atoms with Crippen molar-refractivity contribution in [2.45, 2.75) is 0 Å². The second-order valence-corrected chi connectivity index (χ2v) is 13.7. The molecule has 0 aliphatic rings. The van der Waals surface area contributed by atoms with E-state index in [9.17, 15) is 0 Å². The minimum Gasteiger partial charge on any atom is -0.437 e. The zero-order valence-electron chi connectivity index (χ0n) is 27.8. The smallest absolute Gasteiger partial charge is 0.238 e. The maximum Gasteiger partial charge on any atom is 0.238 e. The average molecular weight is 662 g/mol. The first-order valence-electron chi connectivity index (χ1n) is 17.7. The Hall–Kier alpha value is -7.04. The van der Waals surface area contributed by atoms with E-state index in [0.717, 1.165) is 54.8 Å². The van der Waals surface area contributed by atoms with Gasteiger partial charge in [-0.15, -0.1) is 0 Å². The van der Waals surface area contributed by atoms with E-state index in [1.807, 2.05) is 12.1 Å². The Morgan fingerprint density at radius 2 is 0.981 bits per heavy atom. The summed E-state index contributed by atoms with van der Waals surface area (Å²) < 4.78 is 8.82. The van der Waals surface area contributed by atoms with Gasteiger partial charge in [-0.1, -0.05) is 140 Å². The topological polar surface area (TPSA) is 43.9 Å². The molecule has 0 saturated heterocycles. The Morgan fingerprint density at radius 3 is 1.77 bits per heavy atom. The molecule has 240 valence electrons. The lowest BCUT2D eigenvalue weighted by Crippen LogP contribution is -2.03. The molecule has 12 aromatic rings. The van der Waals surface area contributed by atoms with Gasteiger partial charge in [-0.05, 0) is 72.7 Å². The van der Waals surface area contributed by atoms with Crippen molar-refractivity contribution in [3.8, 4) is 17.2 Å². The molecule has 3 aromatic heterocycles. The molecule has 0 atom stereocenters. The van der Waals surface area contributed by atoms with E-state index in [0.29, 0.717) is 11.7 Å². The van der Waals surface area contributed by atoms with Gasteiger partial charge in [0.05, 0.1) is 22.1 Å². The molecule has 12 rings (SSSR count). The van der Waals surface area contributed by atoms with Gasteiger partial charge >= 0.3 is 0 Å². The second-order valence-electron chi connectivity index (χ2n) is 13.7. The van der Waals surface area contributed by atoms with E-state index in [1.54, 1.807) is 0 Å². The molecule has 3 heterocycles. The van der Waals surface area contributed by atoms with Crippen molar-refractivity contribution in [3.05, 3.63) is 164 Å². The summed E-state index contributed by atoms with van der Waals surface area (Å²) in [6, 6.07) is 58.5. The van der Waals surface area contributed by atoms with Gasteiger partial charge in [0.15, 0.2) is 0 Å². The monoisotopic (exact) mass is 661 g/mol. The molecule has 0 radical (unpaired) electrons. The molecule has 0 aliphatic heterocycles. The summed E-state index contributed by atoms with van der Waals surface area (Å²) in [7, 11) is 0. The van der Waals surface area contributed by atoms with Gasteiger partial charge in [0, 0.05) is 27.1 Å². The average Bonchev–Trinajstić information content (AvgIpc) is 3.74. The standard InChI is InChI=1S/C48H27N3O/c1-2-14-30-27-41-39(26-29(30)13-1)44-40(25-24-36-34-19-6-5-17-32(34)33-18-7-8-20-35(33)43(36)44)51(41)48-49-46(37-22-11-15-28-12-3-4-16-31(28)37)45-38-21-9-10-23-42(38)52-47(45)50-48/h1-27H. The van der Waals surface area contributed by atoms with Crippen LogP contribution in [0.5, 0.6) is 0 Å². The molecule has 4 nitrogen and oxygen atoms in total. The molecule has 0 saturated carbocycles. The molecule has 0 N–H and O–H groups in total. The first-order chi connectivity index (χ1) is 25.8. The van der Waals surface area contributed by atoms with Crippen LogP contribution in [0, 0.1) is 0 Å². The van der Waals surface area contributed by atoms with Crippen LogP contribution in [-0.4, -0.2) is 14.5 Å². The number of furan rings is 1. The molecule has 0 bridgehead atoms. The lowest BCUT2D eigenvalue weighted by molar-refractivity contribution is 0.651. The number of hydrogen-bond acceptors (Lipinski definition) is 3. The van der Waals surface area contributed by atoms with E-state index in [-0.39, 0.29) is 0 Å². The Kier molecular flexibility index (Phi) is 5.47. The van der Waals surface area contributed by atoms with Gasteiger partial charge < -0.3 is 4.42 Å². The minimum atomic E-state index is 0.571. The molecular weight excluding hydrogens is 635 g/mol. The fourth-order valence-electron chi connectivity index (χ4n) is 8.74. The predicted octanol–water partition coefficient (Wildman–Crippen LogP) is 12.9. The molecule has 52 heavy (non-hydrogen) atoms. The number of hydrogen-bond donors (Lipinski definition) is 0. The molecule has 0 unspecified atom stereocenters. The zero-order valence-corrected chi connectivity index (χ0v) is 27.8. The normalized spacial score (nSPS) is 12.2. The summed E-state index contributed by atoms with van der Waals surface area (Å²) in [4.78, 5) is 10.8. The molecule has 0 fully saturated rings. The fourth-order valence-corrected chi connectivity index (χ4v) is 8.74. The maximum absolute atomic E-state index is 6.57. The zero-order chi connectivity index (χ0) is 33.9. The molecule has 0 spiro atoms. The quantitative estimate of drug-likeness (QED) is 0.173. The van der Waals surface area contributed by atoms with Crippen LogP contribution in [0.4, 0.5) is 0 Å². The highest BCUT2D eigenvalue weighted by atomic mass is 16.3. The van der Waals surface area contributed by atoms with Gasteiger partial charge in [-0.25, -0.2) is 4.98 Å². The van der Waals surface area contributed by atoms with Crippen LogP contribution < -0.4 is 0 Å². The summed E-state index contributed by atoms with van der Waals surface area (Å²) in [6.45, 7) is 0. The third-order valence-corrected chi connectivity index (χ3v) is 11.0. The number of fused-ring (bicyclic) bond motifs is 15. The number of rotatable bonds is 2. The maximum atomic E-state index is 6.57. The third kappa shape index (κ3) is 3.70. The summed E-state index contributed by atoms with van der Waals surface area (Å²) in [5.74, 6) is 0.578. The Bertz CT molecular complexity index is 3440. The SMILES string of the molecule is c1ccc2cc3c(cc2c1)c1c2c4ccccc4c4ccccc4c2ccc1n3-c1nc(-c2cccc3ccccc23)c2c(n1)oc1ccccc12. The lowest BCUT2D eigenvalue weighted by atomic mass is 9.91. The Labute approximate surface area is 296 Å². The summed E-state index contributed by atoms with van der Waals surface area (Å²) in [5.41, 5.74) is 5.38. The fraction of sp³-hybridized carbons (Fsp3) is 0. The van der Waals surface area contributed by atoms with E-state index in [2.05, 4.69) is 156 Å². The van der Waals surface area contributed by atoms with Crippen LogP contribution in [0.1, 0.15) is 0 Å². The van der Waals surface area contributed by atoms with E-state index in [4.69, 9.17) is 14.4 Å². The largest absolute Gasteiger partial charge is 0.437 e. The van der Waals surface area contributed by atoms with E-state index < -0.39 is 0 Å². The van der Waals surface area contributed by atoms with Crippen LogP contribution >= 0.6 is 0 Å². The van der Waals surface area contributed by atoms with Gasteiger partial charge in [0.1, 0.15) is 5.58 Å². The van der Waals surface area contributed by atoms with Crippen LogP contribution in [0.3, 0.4) is 0 Å². The van der Waals surface area contributed by atoms with Crippen molar-refractivity contribution in [1.29, 1.82) is 0 Å². The highest BCUT2D eigenvalue weighted by molar-refractivity contribution is 6.35. The summed E-state index contributed by atoms with van der Waals surface area (Å²) in [5, 5.41) is 16.4. The van der Waals surface area contributed by atoms with Gasteiger partial charge in [0.2, 0.25) is 11.7 Å². The minimum absolute atomic E-state index is 0.571. The van der Waals surface area contributed by atoms with Crippen LogP contribution in [0.25, 0.3) is 115 Å². The summed E-state index contributed by atoms with van der Waals surface area (Å²) >= 11 is 0. The Morgan fingerprint density at radius 1 is 0.385 bits per heavy atom. The van der Waals surface area contributed by atoms with Crippen molar-refractivity contribution >= 4 is 97.7 Å². The molecular formula is C48H27N3O. The molecule has 0 aliphatic carbocycles. The van der Waals surface area contributed by atoms with Crippen LogP contribution in [0.15, 0.2) is 168 Å². The van der Waals surface area contributed by atoms with Crippen molar-refractivity contribution < 1.29 is 4.42 Å². The third-order valence-electron chi connectivity index (χ3n) is 11.0. The number of aromatic nitrogens is 3. The van der Waals surface area contributed by atoms with Crippen molar-refractivity contribution in [2.24, 2.45) is 0 Å². The van der Waals surface area contributed by atoms with Crippen LogP contribution in [0.2, 0.25) is 0 Å². The second kappa shape index (κ2) is 10.3. The van der Waals surface area contributed by atoms with E-state index in [1.165, 1.54) is 48.5 Å². The van der Waals surface area contributed by atoms with Crippen molar-refractivity contribution in [2.75, 3.05) is 0 Å². The number of nitrogens with zero attached hydrogens (tertiary/aromatic N) is 3. The number of benzene rings is 9. The van der Waals surface area contributed by atoms with Crippen molar-refractivity contribution in [1.82, 2.24) is 14.5 Å². The van der Waals surface area contributed by atoms with Gasteiger partial charge in [0.25, 0.3) is 0 Å². The highest BCUT2D eigenvalue weighted by Gasteiger charge is 2.24. The lowest BCUT2D eigenvalue weighted by Gasteiger charge is -2.13. The Balaban J connectivity index is 1.30. The summed E-state index contributed by atoms with van der Waals surface area (Å²) in [6.07, 6.45) is 0. The number of para-hydroxylation sites is 1. The molecule has 0 amide bonds.